The van der Waals surface area contributed by atoms with Crippen LogP contribution in [-0.4, -0.2) is 29.8 Å². The molecule has 1 fully saturated rings. The molecule has 0 aromatic carbocycles. The highest BCUT2D eigenvalue weighted by molar-refractivity contribution is 5.68. The van der Waals surface area contributed by atoms with E-state index in [1.807, 2.05) is 20.8 Å². The van der Waals surface area contributed by atoms with E-state index in [-0.39, 0.29) is 12.1 Å². The largest absolute Gasteiger partial charge is 0.444 e. The summed E-state index contributed by atoms with van der Waals surface area (Å²) in [6.07, 6.45) is 9.15. The maximum Gasteiger partial charge on any atom is 0.407 e. The maximum absolute atomic E-state index is 11.8. The quantitative estimate of drug-likeness (QED) is 0.733. The SMILES string of the molecule is CCCCC(CC)NC1CCC(NC(=O)OC(C)(C)C)CC1. The Hall–Kier alpha value is -0.770. The normalized spacial score (nSPS) is 23.9. The van der Waals surface area contributed by atoms with Crippen LogP contribution in [0.15, 0.2) is 0 Å². The Kier molecular flexibility index (Phi) is 8.23. The molecule has 1 saturated carbocycles. The molecule has 4 heteroatoms. The highest BCUT2D eigenvalue weighted by Gasteiger charge is 2.25. The van der Waals surface area contributed by atoms with Crippen LogP contribution < -0.4 is 10.6 Å². The third-order valence-corrected chi connectivity index (χ3v) is 4.32. The molecule has 0 heterocycles. The third-order valence-electron chi connectivity index (χ3n) is 4.32. The fourth-order valence-corrected chi connectivity index (χ4v) is 3.07. The second-order valence-corrected chi connectivity index (χ2v) is 7.61. The van der Waals surface area contributed by atoms with Gasteiger partial charge in [0.15, 0.2) is 0 Å². The van der Waals surface area contributed by atoms with Crippen molar-refractivity contribution in [1.29, 1.82) is 0 Å². The van der Waals surface area contributed by atoms with Crippen molar-refractivity contribution in [2.45, 2.75) is 110 Å². The lowest BCUT2D eigenvalue weighted by Gasteiger charge is -2.33. The lowest BCUT2D eigenvalue weighted by atomic mass is 9.90. The molecule has 0 bridgehead atoms. The van der Waals surface area contributed by atoms with Gasteiger partial charge in [0.2, 0.25) is 0 Å². The number of nitrogens with one attached hydrogen (secondary N) is 2. The Balaban J connectivity index is 2.26. The smallest absolute Gasteiger partial charge is 0.407 e. The predicted octanol–water partition coefficient (Wildman–Crippen LogP) is 4.38. The topological polar surface area (TPSA) is 50.4 Å². The Labute approximate surface area is 136 Å². The molecular formula is C18H36N2O2. The maximum atomic E-state index is 11.8. The van der Waals surface area contributed by atoms with Gasteiger partial charge in [-0.2, -0.15) is 0 Å². The molecule has 4 nitrogen and oxygen atoms in total. The number of amides is 1. The zero-order valence-corrected chi connectivity index (χ0v) is 15.2. The first-order valence-corrected chi connectivity index (χ1v) is 9.09. The van der Waals surface area contributed by atoms with Crippen molar-refractivity contribution in [3.8, 4) is 0 Å². The molecule has 0 aromatic rings. The van der Waals surface area contributed by atoms with Gasteiger partial charge in [0, 0.05) is 18.1 Å². The van der Waals surface area contributed by atoms with Gasteiger partial charge in [-0.15, -0.1) is 0 Å². The van der Waals surface area contributed by atoms with Crippen LogP contribution in [0.5, 0.6) is 0 Å². The summed E-state index contributed by atoms with van der Waals surface area (Å²) in [6, 6.07) is 1.53. The van der Waals surface area contributed by atoms with E-state index in [9.17, 15) is 4.79 Å². The molecule has 0 aromatic heterocycles. The molecule has 130 valence electrons. The van der Waals surface area contributed by atoms with Gasteiger partial charge in [0.25, 0.3) is 0 Å². The van der Waals surface area contributed by atoms with Gasteiger partial charge in [-0.1, -0.05) is 26.7 Å². The first-order chi connectivity index (χ1) is 10.3. The zero-order chi connectivity index (χ0) is 16.6. The molecule has 0 aliphatic heterocycles. The van der Waals surface area contributed by atoms with Gasteiger partial charge in [-0.3, -0.25) is 0 Å². The lowest BCUT2D eigenvalue weighted by Crippen LogP contribution is -2.46. The minimum atomic E-state index is -0.420. The number of rotatable bonds is 7. The molecule has 1 aliphatic carbocycles. The van der Waals surface area contributed by atoms with Crippen molar-refractivity contribution >= 4 is 6.09 Å². The van der Waals surface area contributed by atoms with Gasteiger partial charge in [0.1, 0.15) is 5.60 Å². The molecular weight excluding hydrogens is 276 g/mol. The minimum Gasteiger partial charge on any atom is -0.444 e. The minimum absolute atomic E-state index is 0.267. The second kappa shape index (κ2) is 9.39. The van der Waals surface area contributed by atoms with Crippen molar-refractivity contribution < 1.29 is 9.53 Å². The van der Waals surface area contributed by atoms with Gasteiger partial charge in [-0.25, -0.2) is 4.79 Å². The number of carbonyl (C=O) groups is 1. The fourth-order valence-electron chi connectivity index (χ4n) is 3.07. The van der Waals surface area contributed by atoms with E-state index in [4.69, 9.17) is 4.74 Å². The van der Waals surface area contributed by atoms with Crippen LogP contribution in [0.1, 0.15) is 86.0 Å². The van der Waals surface area contributed by atoms with Gasteiger partial charge in [-0.05, 0) is 59.3 Å². The summed E-state index contributed by atoms with van der Waals surface area (Å²) in [5.41, 5.74) is -0.420. The Morgan fingerprint density at radius 1 is 1.14 bits per heavy atom. The van der Waals surface area contributed by atoms with Gasteiger partial charge >= 0.3 is 6.09 Å². The van der Waals surface area contributed by atoms with Gasteiger partial charge < -0.3 is 15.4 Å². The second-order valence-electron chi connectivity index (χ2n) is 7.61. The van der Waals surface area contributed by atoms with Crippen LogP contribution in [0.3, 0.4) is 0 Å². The molecule has 1 unspecified atom stereocenters. The predicted molar refractivity (Wildman–Crippen MR) is 92.2 cm³/mol. The third kappa shape index (κ3) is 8.02. The van der Waals surface area contributed by atoms with E-state index in [1.54, 1.807) is 0 Å². The van der Waals surface area contributed by atoms with E-state index in [2.05, 4.69) is 24.5 Å². The van der Waals surface area contributed by atoms with E-state index in [0.717, 1.165) is 25.7 Å². The number of unbranched alkanes of at least 4 members (excludes halogenated alkanes) is 1. The van der Waals surface area contributed by atoms with Crippen LogP contribution in [-0.2, 0) is 4.74 Å². The van der Waals surface area contributed by atoms with Crippen molar-refractivity contribution in [2.24, 2.45) is 0 Å². The summed E-state index contributed by atoms with van der Waals surface area (Å²) >= 11 is 0. The Bertz CT molecular complexity index is 318. The van der Waals surface area contributed by atoms with E-state index in [0.29, 0.717) is 12.1 Å². The molecule has 0 spiro atoms. The van der Waals surface area contributed by atoms with E-state index in [1.165, 1.54) is 25.7 Å². The molecule has 1 rings (SSSR count). The summed E-state index contributed by atoms with van der Waals surface area (Å²) in [7, 11) is 0. The highest BCUT2D eigenvalue weighted by atomic mass is 16.6. The lowest BCUT2D eigenvalue weighted by molar-refractivity contribution is 0.0489. The number of alkyl carbamates (subject to hydrolysis) is 1. The van der Waals surface area contributed by atoms with Crippen molar-refractivity contribution in [2.75, 3.05) is 0 Å². The molecule has 0 saturated heterocycles. The van der Waals surface area contributed by atoms with Crippen LogP contribution in [0.4, 0.5) is 4.79 Å². The monoisotopic (exact) mass is 312 g/mol. The van der Waals surface area contributed by atoms with Crippen LogP contribution >= 0.6 is 0 Å². The van der Waals surface area contributed by atoms with Crippen LogP contribution in [0.2, 0.25) is 0 Å². The summed E-state index contributed by atoms with van der Waals surface area (Å²) in [5, 5.41) is 6.82. The number of hydrogen-bond donors (Lipinski definition) is 2. The number of hydrogen-bond acceptors (Lipinski definition) is 3. The summed E-state index contributed by atoms with van der Waals surface area (Å²) in [5.74, 6) is 0. The average molecular weight is 312 g/mol. The molecule has 1 atom stereocenters. The molecule has 2 N–H and O–H groups in total. The van der Waals surface area contributed by atoms with E-state index >= 15 is 0 Å². The van der Waals surface area contributed by atoms with E-state index < -0.39 is 5.60 Å². The first-order valence-electron chi connectivity index (χ1n) is 9.09. The number of carbonyl (C=O) groups excluding carboxylic acids is 1. The molecule has 0 radical (unpaired) electrons. The summed E-state index contributed by atoms with van der Waals surface area (Å²) in [4.78, 5) is 11.8. The summed E-state index contributed by atoms with van der Waals surface area (Å²) in [6.45, 7) is 10.2. The molecule has 22 heavy (non-hydrogen) atoms. The average Bonchev–Trinajstić information content (AvgIpc) is 2.43. The Morgan fingerprint density at radius 3 is 2.23 bits per heavy atom. The van der Waals surface area contributed by atoms with Crippen molar-refractivity contribution in [3.05, 3.63) is 0 Å². The molecule has 1 aliphatic rings. The number of ether oxygens (including phenoxy) is 1. The van der Waals surface area contributed by atoms with Crippen molar-refractivity contribution in [1.82, 2.24) is 10.6 Å². The Morgan fingerprint density at radius 2 is 1.73 bits per heavy atom. The van der Waals surface area contributed by atoms with Crippen LogP contribution in [0.25, 0.3) is 0 Å². The summed E-state index contributed by atoms with van der Waals surface area (Å²) < 4.78 is 5.33. The zero-order valence-electron chi connectivity index (χ0n) is 15.2. The highest BCUT2D eigenvalue weighted by Crippen LogP contribution is 2.21. The van der Waals surface area contributed by atoms with Crippen molar-refractivity contribution in [3.63, 3.8) is 0 Å². The molecule has 1 amide bonds. The van der Waals surface area contributed by atoms with Gasteiger partial charge in [0.05, 0.1) is 0 Å². The standard InChI is InChI=1S/C18H36N2O2/c1-6-8-9-14(7-2)19-15-10-12-16(13-11-15)20-17(21)22-18(3,4)5/h14-16,19H,6-13H2,1-5H3,(H,20,21). The fraction of sp³-hybridized carbons (Fsp3) is 0.944. The van der Waals surface area contributed by atoms with Crippen LogP contribution in [0, 0.1) is 0 Å². The first kappa shape index (κ1) is 19.3.